The lowest BCUT2D eigenvalue weighted by molar-refractivity contribution is -0.138. The van der Waals surface area contributed by atoms with Gasteiger partial charge >= 0.3 is 5.97 Å². The molecule has 1 aliphatic rings. The molecule has 2 aromatic carbocycles. The van der Waals surface area contributed by atoms with E-state index in [-0.39, 0.29) is 12.0 Å². The van der Waals surface area contributed by atoms with Crippen molar-refractivity contribution >= 4 is 17.7 Å². The maximum absolute atomic E-state index is 11.1. The van der Waals surface area contributed by atoms with E-state index in [1.54, 1.807) is 33.1 Å². The van der Waals surface area contributed by atoms with Crippen molar-refractivity contribution in [2.24, 2.45) is 0 Å². The minimum Gasteiger partial charge on any atom is -0.497 e. The highest BCUT2D eigenvalue weighted by molar-refractivity contribution is 7.99. The largest absolute Gasteiger partial charge is 0.497 e. The summed E-state index contributed by atoms with van der Waals surface area (Å²) in [7, 11) is 4.79. The number of nitrogens with one attached hydrogen (secondary N) is 1. The third-order valence-electron chi connectivity index (χ3n) is 4.44. The van der Waals surface area contributed by atoms with Crippen LogP contribution >= 0.6 is 11.8 Å². The quantitative estimate of drug-likeness (QED) is 0.693. The Morgan fingerprint density at radius 2 is 1.82 bits per heavy atom. The van der Waals surface area contributed by atoms with Gasteiger partial charge < -0.3 is 24.1 Å². The Hall–Kier alpha value is -2.58. The molecule has 150 valence electrons. The Kier molecular flexibility index (Phi) is 6.53. The highest BCUT2D eigenvalue weighted by Gasteiger charge is 2.30. The van der Waals surface area contributed by atoms with Gasteiger partial charge in [-0.2, -0.15) is 0 Å². The lowest BCUT2D eigenvalue weighted by Gasteiger charge is -2.16. The molecule has 28 heavy (non-hydrogen) atoms. The number of thioether (sulfide) groups is 1. The van der Waals surface area contributed by atoms with E-state index < -0.39 is 12.0 Å². The van der Waals surface area contributed by atoms with Gasteiger partial charge in [-0.3, -0.25) is 10.1 Å². The van der Waals surface area contributed by atoms with E-state index in [2.05, 4.69) is 5.32 Å². The maximum Gasteiger partial charge on any atom is 0.321 e. The fourth-order valence-corrected chi connectivity index (χ4v) is 4.15. The van der Waals surface area contributed by atoms with Crippen molar-refractivity contribution in [3.05, 3.63) is 47.5 Å². The molecule has 2 atom stereocenters. The molecule has 0 radical (unpaired) electrons. The van der Waals surface area contributed by atoms with E-state index in [1.165, 1.54) is 0 Å². The van der Waals surface area contributed by atoms with Crippen LogP contribution in [0, 0.1) is 0 Å². The number of rotatable bonds is 8. The van der Waals surface area contributed by atoms with Crippen LogP contribution in [0.2, 0.25) is 0 Å². The molecule has 7 nitrogen and oxygen atoms in total. The third-order valence-corrected chi connectivity index (χ3v) is 5.71. The Bertz CT molecular complexity index is 843. The smallest absolute Gasteiger partial charge is 0.321 e. The molecule has 1 aliphatic heterocycles. The van der Waals surface area contributed by atoms with Crippen molar-refractivity contribution in [2.75, 3.05) is 27.1 Å². The van der Waals surface area contributed by atoms with Crippen LogP contribution in [0.15, 0.2) is 36.4 Å². The molecule has 2 aromatic rings. The predicted octanol–water partition coefficient (Wildman–Crippen LogP) is 3.08. The van der Waals surface area contributed by atoms with Crippen molar-refractivity contribution in [3.63, 3.8) is 0 Å². The zero-order chi connectivity index (χ0) is 20.1. The summed E-state index contributed by atoms with van der Waals surface area (Å²) >= 11 is 1.56. The molecule has 0 aromatic heterocycles. The first kappa shape index (κ1) is 20.2. The van der Waals surface area contributed by atoms with E-state index in [0.717, 1.165) is 16.9 Å². The molecule has 1 fully saturated rings. The van der Waals surface area contributed by atoms with Gasteiger partial charge in [-0.1, -0.05) is 6.07 Å². The van der Waals surface area contributed by atoms with Crippen LogP contribution in [0.5, 0.6) is 23.0 Å². The molecular formula is C20H23NO6S. The fraction of sp³-hybridized carbons (Fsp3) is 0.350. The van der Waals surface area contributed by atoms with Crippen LogP contribution in [0.25, 0.3) is 0 Å². The van der Waals surface area contributed by atoms with Crippen LogP contribution in [0.4, 0.5) is 0 Å². The molecule has 0 spiro atoms. The summed E-state index contributed by atoms with van der Waals surface area (Å²) in [5.41, 5.74) is 1.79. The predicted molar refractivity (Wildman–Crippen MR) is 107 cm³/mol. The van der Waals surface area contributed by atoms with Gasteiger partial charge in [0.15, 0.2) is 11.5 Å². The number of carboxylic acid groups (broad SMARTS) is 1. The van der Waals surface area contributed by atoms with Gasteiger partial charge in [0.25, 0.3) is 0 Å². The summed E-state index contributed by atoms with van der Waals surface area (Å²) in [6.07, 6.45) is 0. The molecule has 0 bridgehead atoms. The topological polar surface area (TPSA) is 86.2 Å². The number of aliphatic carboxylic acids is 1. The fourth-order valence-electron chi connectivity index (χ4n) is 2.92. The number of carboxylic acids is 1. The average molecular weight is 405 g/mol. The SMILES string of the molecule is COc1ccc(OC)c(COc2ccc([C@H]3N[C@H](C(=O)O)CS3)cc2OC)c1. The lowest BCUT2D eigenvalue weighted by atomic mass is 10.1. The maximum atomic E-state index is 11.1. The Balaban J connectivity index is 1.74. The zero-order valence-corrected chi connectivity index (χ0v) is 16.7. The summed E-state index contributed by atoms with van der Waals surface area (Å²) in [5, 5.41) is 12.1. The second kappa shape index (κ2) is 9.07. The van der Waals surface area contributed by atoms with Gasteiger partial charge in [0.05, 0.1) is 26.7 Å². The van der Waals surface area contributed by atoms with Crippen LogP contribution in [0.1, 0.15) is 16.5 Å². The van der Waals surface area contributed by atoms with E-state index in [9.17, 15) is 4.79 Å². The van der Waals surface area contributed by atoms with Gasteiger partial charge in [0.1, 0.15) is 24.1 Å². The summed E-state index contributed by atoms with van der Waals surface area (Å²) in [4.78, 5) is 11.1. The molecule has 3 rings (SSSR count). The van der Waals surface area contributed by atoms with Gasteiger partial charge in [-0.25, -0.2) is 0 Å². The Labute approximate surface area is 167 Å². The highest BCUT2D eigenvalue weighted by atomic mass is 32.2. The minimum absolute atomic E-state index is 0.0949. The zero-order valence-electron chi connectivity index (χ0n) is 15.9. The Morgan fingerprint density at radius 3 is 2.46 bits per heavy atom. The van der Waals surface area contributed by atoms with E-state index in [1.807, 2.05) is 36.4 Å². The number of methoxy groups -OCH3 is 3. The summed E-state index contributed by atoms with van der Waals surface area (Å²) < 4.78 is 22.1. The van der Waals surface area contributed by atoms with Crippen molar-refractivity contribution in [1.29, 1.82) is 0 Å². The summed E-state index contributed by atoms with van der Waals surface area (Å²) in [6.45, 7) is 0.285. The van der Waals surface area contributed by atoms with Crippen LogP contribution < -0.4 is 24.3 Å². The van der Waals surface area contributed by atoms with Crippen LogP contribution in [-0.2, 0) is 11.4 Å². The minimum atomic E-state index is -0.839. The molecule has 0 unspecified atom stereocenters. The van der Waals surface area contributed by atoms with Crippen molar-refractivity contribution in [2.45, 2.75) is 18.0 Å². The summed E-state index contributed by atoms with van der Waals surface area (Å²) in [6, 6.07) is 10.6. The van der Waals surface area contributed by atoms with Crippen LogP contribution in [-0.4, -0.2) is 44.2 Å². The Morgan fingerprint density at radius 1 is 1.07 bits per heavy atom. The first-order valence-corrected chi connectivity index (χ1v) is 9.72. The van der Waals surface area contributed by atoms with E-state index in [4.69, 9.17) is 24.1 Å². The normalized spacial score (nSPS) is 18.5. The monoisotopic (exact) mass is 405 g/mol. The summed E-state index contributed by atoms with van der Waals surface area (Å²) in [5.74, 6) is 2.29. The molecule has 0 amide bonds. The molecular weight excluding hydrogens is 382 g/mol. The number of hydrogen-bond donors (Lipinski definition) is 2. The second-order valence-corrected chi connectivity index (χ2v) is 7.29. The van der Waals surface area contributed by atoms with E-state index >= 15 is 0 Å². The number of hydrogen-bond acceptors (Lipinski definition) is 7. The van der Waals surface area contributed by atoms with Crippen LogP contribution in [0.3, 0.4) is 0 Å². The molecule has 8 heteroatoms. The number of benzene rings is 2. The first-order chi connectivity index (χ1) is 13.5. The molecule has 0 saturated carbocycles. The third kappa shape index (κ3) is 4.45. The van der Waals surface area contributed by atoms with Crippen molar-refractivity contribution in [1.82, 2.24) is 5.32 Å². The molecule has 1 saturated heterocycles. The van der Waals surface area contributed by atoms with Crippen molar-refractivity contribution < 1.29 is 28.8 Å². The molecule has 2 N–H and O–H groups in total. The second-order valence-electron chi connectivity index (χ2n) is 6.15. The van der Waals surface area contributed by atoms with Gasteiger partial charge in [0.2, 0.25) is 0 Å². The first-order valence-electron chi connectivity index (χ1n) is 8.67. The standard InChI is InChI=1S/C20H23NO6S/c1-24-14-5-7-16(25-2)13(8-14)10-27-17-6-4-12(9-18(17)26-3)19-21-15(11-28-19)20(22)23/h4-9,15,19,21H,10-11H2,1-3H3,(H,22,23)/t15-,19-/m0/s1. The van der Waals surface area contributed by atoms with Gasteiger partial charge in [-0.05, 0) is 35.9 Å². The average Bonchev–Trinajstić information content (AvgIpc) is 3.22. The highest BCUT2D eigenvalue weighted by Crippen LogP contribution is 2.38. The number of carbonyl (C=O) groups is 1. The number of ether oxygens (including phenoxy) is 4. The van der Waals surface area contributed by atoms with Crippen molar-refractivity contribution in [3.8, 4) is 23.0 Å². The van der Waals surface area contributed by atoms with Gasteiger partial charge in [0, 0.05) is 11.3 Å². The molecule has 1 heterocycles. The van der Waals surface area contributed by atoms with E-state index in [0.29, 0.717) is 23.0 Å². The lowest BCUT2D eigenvalue weighted by Crippen LogP contribution is -2.33. The molecule has 0 aliphatic carbocycles. The van der Waals surface area contributed by atoms with Gasteiger partial charge in [-0.15, -0.1) is 11.8 Å².